The molecule has 5 heteroatoms. The molecule has 0 N–H and O–H groups in total. The highest BCUT2D eigenvalue weighted by atomic mass is 16.5. The van der Waals surface area contributed by atoms with E-state index in [0.717, 1.165) is 11.1 Å². The Morgan fingerprint density at radius 2 is 1.81 bits per heavy atom. The Morgan fingerprint density at radius 1 is 1.04 bits per heavy atom. The SMILES string of the molecule is O=C(C[n+]1ccnc(C(=O)OC2C=Cc3ccccc32)c1)c1ccccc1. The number of ether oxygens (including phenoxy) is 1. The highest BCUT2D eigenvalue weighted by molar-refractivity contribution is 5.95. The number of aromatic nitrogens is 2. The highest BCUT2D eigenvalue weighted by Crippen LogP contribution is 2.31. The van der Waals surface area contributed by atoms with E-state index in [2.05, 4.69) is 4.98 Å². The number of hydrogen-bond acceptors (Lipinski definition) is 4. The van der Waals surface area contributed by atoms with Gasteiger partial charge in [-0.05, 0) is 11.6 Å². The first kappa shape index (κ1) is 16.8. The molecule has 3 aromatic rings. The molecule has 0 saturated heterocycles. The molecule has 0 spiro atoms. The third-order valence-corrected chi connectivity index (χ3v) is 4.38. The molecule has 2 aromatic carbocycles. The molecule has 0 bridgehead atoms. The maximum Gasteiger partial charge on any atom is 0.364 e. The summed E-state index contributed by atoms with van der Waals surface area (Å²) in [6.45, 7) is 0.124. The Kier molecular flexibility index (Phi) is 4.58. The minimum absolute atomic E-state index is 0.0428. The van der Waals surface area contributed by atoms with Gasteiger partial charge in [0.25, 0.3) is 0 Å². The summed E-state index contributed by atoms with van der Waals surface area (Å²) in [5.74, 6) is -0.568. The number of carbonyl (C=O) groups is 2. The predicted molar refractivity (Wildman–Crippen MR) is 98.8 cm³/mol. The number of nitrogens with zero attached hydrogens (tertiary/aromatic N) is 2. The number of fused-ring (bicyclic) bond motifs is 1. The lowest BCUT2D eigenvalue weighted by molar-refractivity contribution is -0.683. The fourth-order valence-corrected chi connectivity index (χ4v) is 3.01. The van der Waals surface area contributed by atoms with Crippen LogP contribution in [-0.2, 0) is 11.3 Å². The van der Waals surface area contributed by atoms with Crippen LogP contribution in [0.15, 0.2) is 79.3 Å². The van der Waals surface area contributed by atoms with Gasteiger partial charge in [-0.2, -0.15) is 4.57 Å². The smallest absolute Gasteiger partial charge is 0.364 e. The van der Waals surface area contributed by atoms with Crippen LogP contribution in [0.2, 0.25) is 0 Å². The maximum atomic E-state index is 12.5. The molecular formula is C22H17N2O3+. The Labute approximate surface area is 156 Å². The topological polar surface area (TPSA) is 60.1 Å². The molecule has 132 valence electrons. The van der Waals surface area contributed by atoms with Crippen molar-refractivity contribution in [3.8, 4) is 0 Å². The molecule has 1 unspecified atom stereocenters. The maximum absolute atomic E-state index is 12.5. The van der Waals surface area contributed by atoms with E-state index >= 15 is 0 Å². The molecule has 1 atom stereocenters. The number of Topliss-reactive ketones (excluding diaryl/α,β-unsaturated/α-hetero) is 1. The molecule has 0 saturated carbocycles. The van der Waals surface area contributed by atoms with Gasteiger partial charge in [0, 0.05) is 11.1 Å². The van der Waals surface area contributed by atoms with Crippen molar-refractivity contribution in [2.75, 3.05) is 0 Å². The first-order chi connectivity index (χ1) is 13.2. The second-order valence-corrected chi connectivity index (χ2v) is 6.22. The Balaban J connectivity index is 1.47. The van der Waals surface area contributed by atoms with Crippen molar-refractivity contribution in [1.82, 2.24) is 4.98 Å². The van der Waals surface area contributed by atoms with Crippen LogP contribution in [0, 0.1) is 0 Å². The third-order valence-electron chi connectivity index (χ3n) is 4.38. The van der Waals surface area contributed by atoms with Crippen LogP contribution in [0.4, 0.5) is 0 Å². The number of rotatable bonds is 5. The number of benzene rings is 2. The van der Waals surface area contributed by atoms with E-state index in [1.807, 2.05) is 54.6 Å². The summed E-state index contributed by atoms with van der Waals surface area (Å²) in [5, 5.41) is 0. The Hall–Kier alpha value is -3.60. The zero-order valence-electron chi connectivity index (χ0n) is 14.5. The summed E-state index contributed by atoms with van der Waals surface area (Å²) in [6.07, 6.45) is 8.04. The van der Waals surface area contributed by atoms with E-state index in [4.69, 9.17) is 4.74 Å². The average Bonchev–Trinajstić information content (AvgIpc) is 3.12. The van der Waals surface area contributed by atoms with E-state index in [1.165, 1.54) is 12.4 Å². The largest absolute Gasteiger partial charge is 0.448 e. The van der Waals surface area contributed by atoms with E-state index < -0.39 is 12.1 Å². The van der Waals surface area contributed by atoms with Crippen molar-refractivity contribution in [3.63, 3.8) is 0 Å². The van der Waals surface area contributed by atoms with Crippen molar-refractivity contribution in [2.24, 2.45) is 0 Å². The molecule has 0 amide bonds. The number of carbonyl (C=O) groups excluding carboxylic acids is 2. The van der Waals surface area contributed by atoms with Crippen LogP contribution in [0.3, 0.4) is 0 Å². The lowest BCUT2D eigenvalue weighted by Gasteiger charge is -2.11. The van der Waals surface area contributed by atoms with Gasteiger partial charge < -0.3 is 4.74 Å². The minimum Gasteiger partial charge on any atom is -0.448 e. The molecule has 1 aromatic heterocycles. The van der Waals surface area contributed by atoms with Gasteiger partial charge in [-0.3, -0.25) is 4.79 Å². The standard InChI is InChI=1S/C22H17N2O3/c25-20(17-7-2-1-3-8-17)15-24-13-12-23-19(14-24)22(26)27-21-11-10-16-6-4-5-9-18(16)21/h1-14,21H,15H2/q+1. The number of hydrogen-bond donors (Lipinski definition) is 0. The first-order valence-corrected chi connectivity index (χ1v) is 8.62. The molecule has 0 radical (unpaired) electrons. The van der Waals surface area contributed by atoms with Crippen LogP contribution in [0.1, 0.15) is 38.1 Å². The van der Waals surface area contributed by atoms with E-state index in [1.54, 1.807) is 22.9 Å². The second kappa shape index (κ2) is 7.33. The van der Waals surface area contributed by atoms with Crippen LogP contribution in [-0.4, -0.2) is 16.7 Å². The third kappa shape index (κ3) is 3.67. The van der Waals surface area contributed by atoms with Crippen LogP contribution in [0.5, 0.6) is 0 Å². The Bertz CT molecular complexity index is 1030. The van der Waals surface area contributed by atoms with Gasteiger partial charge in [0.2, 0.25) is 24.2 Å². The summed E-state index contributed by atoms with van der Waals surface area (Å²) >= 11 is 0. The molecule has 1 aliphatic rings. The number of ketones is 1. The van der Waals surface area contributed by atoms with Gasteiger partial charge in [0.05, 0.1) is 6.20 Å². The monoisotopic (exact) mass is 357 g/mol. The van der Waals surface area contributed by atoms with Crippen LogP contribution in [0.25, 0.3) is 6.08 Å². The first-order valence-electron chi connectivity index (χ1n) is 8.62. The van der Waals surface area contributed by atoms with Gasteiger partial charge >= 0.3 is 5.97 Å². The van der Waals surface area contributed by atoms with E-state index in [0.29, 0.717) is 5.56 Å². The van der Waals surface area contributed by atoms with Gasteiger partial charge in [0.1, 0.15) is 6.10 Å². The summed E-state index contributed by atoms with van der Waals surface area (Å²) in [5.41, 5.74) is 2.78. The summed E-state index contributed by atoms with van der Waals surface area (Å²) in [6, 6.07) is 16.8. The summed E-state index contributed by atoms with van der Waals surface area (Å²) in [4.78, 5) is 28.9. The van der Waals surface area contributed by atoms with E-state index in [9.17, 15) is 9.59 Å². The molecule has 0 fully saturated rings. The van der Waals surface area contributed by atoms with E-state index in [-0.39, 0.29) is 18.0 Å². The Morgan fingerprint density at radius 3 is 2.67 bits per heavy atom. The number of esters is 1. The van der Waals surface area contributed by atoms with Crippen LogP contribution >= 0.6 is 0 Å². The quantitative estimate of drug-likeness (QED) is 0.400. The average molecular weight is 357 g/mol. The van der Waals surface area contributed by atoms with Crippen molar-refractivity contribution in [2.45, 2.75) is 12.6 Å². The summed E-state index contributed by atoms with van der Waals surface area (Å²) in [7, 11) is 0. The van der Waals surface area contributed by atoms with Gasteiger partial charge in [-0.15, -0.1) is 0 Å². The molecule has 0 aliphatic heterocycles. The zero-order valence-corrected chi connectivity index (χ0v) is 14.5. The molecular weight excluding hydrogens is 340 g/mol. The zero-order chi connectivity index (χ0) is 18.6. The highest BCUT2D eigenvalue weighted by Gasteiger charge is 2.24. The normalized spacial score (nSPS) is 14.6. The second-order valence-electron chi connectivity index (χ2n) is 6.22. The van der Waals surface area contributed by atoms with Crippen LogP contribution < -0.4 is 4.57 Å². The lowest BCUT2D eigenvalue weighted by Crippen LogP contribution is -2.38. The summed E-state index contributed by atoms with van der Waals surface area (Å²) < 4.78 is 7.22. The van der Waals surface area contributed by atoms with Gasteiger partial charge in [-0.1, -0.05) is 60.7 Å². The minimum atomic E-state index is -0.525. The van der Waals surface area contributed by atoms with Crippen molar-refractivity contribution >= 4 is 17.8 Å². The van der Waals surface area contributed by atoms with Crippen molar-refractivity contribution < 1.29 is 18.9 Å². The fourth-order valence-electron chi connectivity index (χ4n) is 3.01. The van der Waals surface area contributed by atoms with Crippen molar-refractivity contribution in [3.05, 3.63) is 102 Å². The molecule has 1 heterocycles. The molecule has 27 heavy (non-hydrogen) atoms. The van der Waals surface area contributed by atoms with Gasteiger partial charge in [0.15, 0.2) is 6.20 Å². The molecule has 4 rings (SSSR count). The predicted octanol–water partition coefficient (Wildman–Crippen LogP) is 3.18. The van der Waals surface area contributed by atoms with Gasteiger partial charge in [-0.25, -0.2) is 9.78 Å². The fraction of sp³-hybridized carbons (Fsp3) is 0.0909. The molecule has 1 aliphatic carbocycles. The lowest BCUT2D eigenvalue weighted by atomic mass is 10.1. The molecule has 5 nitrogen and oxygen atoms in total. The van der Waals surface area contributed by atoms with Crippen molar-refractivity contribution in [1.29, 1.82) is 0 Å².